The van der Waals surface area contributed by atoms with E-state index in [0.29, 0.717) is 18.5 Å². The van der Waals surface area contributed by atoms with Crippen LogP contribution in [0.2, 0.25) is 0 Å². The highest BCUT2D eigenvalue weighted by atomic mass is 16.1. The molecule has 31 heavy (non-hydrogen) atoms. The molecule has 6 heteroatoms. The van der Waals surface area contributed by atoms with E-state index in [1.165, 1.54) is 5.56 Å². The third-order valence-electron chi connectivity index (χ3n) is 5.23. The van der Waals surface area contributed by atoms with Crippen LogP contribution in [0.5, 0.6) is 0 Å². The summed E-state index contributed by atoms with van der Waals surface area (Å²) >= 11 is 0. The van der Waals surface area contributed by atoms with E-state index < -0.39 is 0 Å². The maximum atomic E-state index is 12.9. The number of rotatable bonds is 7. The van der Waals surface area contributed by atoms with Gasteiger partial charge in [0.1, 0.15) is 0 Å². The van der Waals surface area contributed by atoms with Crippen molar-refractivity contribution >= 4 is 5.91 Å². The summed E-state index contributed by atoms with van der Waals surface area (Å²) in [5, 5.41) is 12.0. The van der Waals surface area contributed by atoms with Gasteiger partial charge in [-0.05, 0) is 49.1 Å². The number of benzene rings is 2. The first-order valence-corrected chi connectivity index (χ1v) is 10.5. The summed E-state index contributed by atoms with van der Waals surface area (Å²) in [6, 6.07) is 18.1. The molecule has 1 amide bonds. The van der Waals surface area contributed by atoms with Crippen LogP contribution in [0.25, 0.3) is 11.4 Å². The van der Waals surface area contributed by atoms with Crippen LogP contribution < -0.4 is 5.32 Å². The van der Waals surface area contributed by atoms with E-state index >= 15 is 0 Å². The van der Waals surface area contributed by atoms with E-state index in [1.54, 1.807) is 6.20 Å². The summed E-state index contributed by atoms with van der Waals surface area (Å²) in [5.41, 5.74) is 5.78. The third kappa shape index (κ3) is 4.58. The largest absolute Gasteiger partial charge is 0.352 e. The van der Waals surface area contributed by atoms with Crippen LogP contribution in [0.1, 0.15) is 46.9 Å². The highest BCUT2D eigenvalue weighted by Crippen LogP contribution is 2.23. The molecule has 0 aliphatic heterocycles. The maximum Gasteiger partial charge on any atom is 0.254 e. The van der Waals surface area contributed by atoms with Crippen LogP contribution in [-0.4, -0.2) is 32.0 Å². The SMILES string of the molecule is Cc1ccc(-n2ncc(C(=O)NCCc3cnn(-c4ccccc4)c3)c2C(C)C)cc1. The zero-order chi connectivity index (χ0) is 21.8. The average Bonchev–Trinajstić information content (AvgIpc) is 3.42. The lowest BCUT2D eigenvalue weighted by molar-refractivity contribution is 0.0952. The Morgan fingerprint density at radius 2 is 1.71 bits per heavy atom. The lowest BCUT2D eigenvalue weighted by Gasteiger charge is -2.13. The summed E-state index contributed by atoms with van der Waals surface area (Å²) < 4.78 is 3.71. The lowest BCUT2D eigenvalue weighted by Crippen LogP contribution is -2.26. The first-order chi connectivity index (χ1) is 15.0. The van der Waals surface area contributed by atoms with E-state index in [2.05, 4.69) is 48.4 Å². The minimum atomic E-state index is -0.0995. The molecule has 4 rings (SSSR count). The quantitative estimate of drug-likeness (QED) is 0.486. The summed E-state index contributed by atoms with van der Waals surface area (Å²) in [6.45, 7) is 6.75. The molecule has 4 aromatic rings. The first-order valence-electron chi connectivity index (χ1n) is 10.5. The molecule has 1 N–H and O–H groups in total. The van der Waals surface area contributed by atoms with E-state index in [0.717, 1.165) is 22.6 Å². The van der Waals surface area contributed by atoms with Crippen molar-refractivity contribution in [1.82, 2.24) is 24.9 Å². The molecule has 6 nitrogen and oxygen atoms in total. The fourth-order valence-corrected chi connectivity index (χ4v) is 3.61. The predicted molar refractivity (Wildman–Crippen MR) is 122 cm³/mol. The molecule has 0 bridgehead atoms. The Morgan fingerprint density at radius 3 is 2.42 bits per heavy atom. The van der Waals surface area contributed by atoms with Crippen LogP contribution in [0.4, 0.5) is 0 Å². The molecule has 0 unspecified atom stereocenters. The molecular weight excluding hydrogens is 386 g/mol. The molecule has 0 spiro atoms. The summed E-state index contributed by atoms with van der Waals surface area (Å²) in [4.78, 5) is 12.9. The molecule has 0 saturated carbocycles. The van der Waals surface area contributed by atoms with Gasteiger partial charge in [0, 0.05) is 12.7 Å². The molecule has 0 fully saturated rings. The number of aromatic nitrogens is 4. The Labute approximate surface area is 182 Å². The number of carbonyl (C=O) groups excluding carboxylic acids is 1. The fourth-order valence-electron chi connectivity index (χ4n) is 3.61. The average molecular weight is 414 g/mol. The molecule has 0 aliphatic rings. The molecule has 158 valence electrons. The van der Waals surface area contributed by atoms with Gasteiger partial charge >= 0.3 is 0 Å². The van der Waals surface area contributed by atoms with Crippen molar-refractivity contribution in [2.45, 2.75) is 33.1 Å². The van der Waals surface area contributed by atoms with Gasteiger partial charge in [-0.1, -0.05) is 49.7 Å². The Bertz CT molecular complexity index is 1160. The zero-order valence-electron chi connectivity index (χ0n) is 18.1. The second kappa shape index (κ2) is 9.00. The number of carbonyl (C=O) groups is 1. The standard InChI is InChI=1S/C25H27N5O/c1-18(2)24-23(16-28-30(24)22-11-9-19(3)10-12-22)25(31)26-14-13-20-15-27-29(17-20)21-7-5-4-6-8-21/h4-12,15-18H,13-14H2,1-3H3,(H,26,31). The van der Waals surface area contributed by atoms with Crippen LogP contribution in [0.15, 0.2) is 73.2 Å². The van der Waals surface area contributed by atoms with E-state index in [4.69, 9.17) is 0 Å². The Balaban J connectivity index is 1.43. The molecule has 2 aromatic heterocycles. The first kappa shape index (κ1) is 20.6. The van der Waals surface area contributed by atoms with E-state index in [-0.39, 0.29) is 11.8 Å². The van der Waals surface area contributed by atoms with Crippen molar-refractivity contribution in [3.05, 3.63) is 95.6 Å². The normalized spacial score (nSPS) is 11.1. The molecule has 0 saturated heterocycles. The Morgan fingerprint density at radius 1 is 0.968 bits per heavy atom. The number of amides is 1. The maximum absolute atomic E-state index is 12.9. The number of nitrogens with zero attached hydrogens (tertiary/aromatic N) is 4. The van der Waals surface area contributed by atoms with Crippen molar-refractivity contribution in [2.24, 2.45) is 0 Å². The fraction of sp³-hybridized carbons (Fsp3) is 0.240. The van der Waals surface area contributed by atoms with Gasteiger partial charge in [-0.2, -0.15) is 10.2 Å². The minimum absolute atomic E-state index is 0.0995. The molecule has 2 aromatic carbocycles. The third-order valence-corrected chi connectivity index (χ3v) is 5.23. The molecule has 0 aliphatic carbocycles. The Kier molecular flexibility index (Phi) is 5.98. The van der Waals surface area contributed by atoms with Gasteiger partial charge in [-0.25, -0.2) is 9.36 Å². The van der Waals surface area contributed by atoms with Crippen molar-refractivity contribution in [2.75, 3.05) is 6.54 Å². The topological polar surface area (TPSA) is 64.7 Å². The van der Waals surface area contributed by atoms with Crippen molar-refractivity contribution in [3.8, 4) is 11.4 Å². The molecular formula is C25H27N5O. The summed E-state index contributed by atoms with van der Waals surface area (Å²) in [7, 11) is 0. The number of para-hydroxylation sites is 1. The molecule has 0 atom stereocenters. The van der Waals surface area contributed by atoms with Crippen molar-refractivity contribution in [1.29, 1.82) is 0 Å². The Hall–Kier alpha value is -3.67. The van der Waals surface area contributed by atoms with Gasteiger partial charge < -0.3 is 5.32 Å². The highest BCUT2D eigenvalue weighted by molar-refractivity contribution is 5.95. The highest BCUT2D eigenvalue weighted by Gasteiger charge is 2.20. The van der Waals surface area contributed by atoms with Gasteiger partial charge in [0.05, 0.1) is 35.0 Å². The van der Waals surface area contributed by atoms with Gasteiger partial charge in [-0.3, -0.25) is 4.79 Å². The van der Waals surface area contributed by atoms with Crippen LogP contribution in [0.3, 0.4) is 0 Å². The second-order valence-electron chi connectivity index (χ2n) is 7.98. The summed E-state index contributed by atoms with van der Waals surface area (Å²) in [5.74, 6) is 0.0613. The van der Waals surface area contributed by atoms with Gasteiger partial charge in [0.25, 0.3) is 5.91 Å². The van der Waals surface area contributed by atoms with Crippen molar-refractivity contribution in [3.63, 3.8) is 0 Å². The van der Waals surface area contributed by atoms with Crippen LogP contribution >= 0.6 is 0 Å². The number of aryl methyl sites for hydroxylation is 1. The zero-order valence-corrected chi connectivity index (χ0v) is 18.1. The minimum Gasteiger partial charge on any atom is -0.352 e. The molecule has 2 heterocycles. The van der Waals surface area contributed by atoms with Gasteiger partial charge in [0.2, 0.25) is 0 Å². The monoisotopic (exact) mass is 413 g/mol. The van der Waals surface area contributed by atoms with Crippen LogP contribution in [0, 0.1) is 6.92 Å². The summed E-state index contributed by atoms with van der Waals surface area (Å²) in [6.07, 6.45) is 6.21. The van der Waals surface area contributed by atoms with Gasteiger partial charge in [0.15, 0.2) is 0 Å². The lowest BCUT2D eigenvalue weighted by atomic mass is 10.0. The van der Waals surface area contributed by atoms with Gasteiger partial charge in [-0.15, -0.1) is 0 Å². The predicted octanol–water partition coefficient (Wildman–Crippen LogP) is 4.46. The number of nitrogens with one attached hydrogen (secondary N) is 1. The smallest absolute Gasteiger partial charge is 0.254 e. The number of hydrogen-bond acceptors (Lipinski definition) is 3. The molecule has 0 radical (unpaired) electrons. The van der Waals surface area contributed by atoms with Crippen LogP contribution in [-0.2, 0) is 6.42 Å². The van der Waals surface area contributed by atoms with E-state index in [9.17, 15) is 4.79 Å². The van der Waals surface area contributed by atoms with Crippen molar-refractivity contribution < 1.29 is 4.79 Å². The number of hydrogen-bond donors (Lipinski definition) is 1. The second-order valence-corrected chi connectivity index (χ2v) is 7.98. The van der Waals surface area contributed by atoms with E-state index in [1.807, 2.05) is 64.2 Å².